The van der Waals surface area contributed by atoms with E-state index >= 15 is 0 Å². The number of ether oxygens (including phenoxy) is 1. The molecule has 0 radical (unpaired) electrons. The van der Waals surface area contributed by atoms with Crippen LogP contribution in [0.1, 0.15) is 17.6 Å². The molecule has 1 N–H and O–H groups in total. The van der Waals surface area contributed by atoms with Crippen LogP contribution in [0.3, 0.4) is 0 Å². The second-order valence-electron chi connectivity index (χ2n) is 4.91. The smallest absolute Gasteiger partial charge is 0.349 e. The highest BCUT2D eigenvalue weighted by molar-refractivity contribution is 5.75. The number of aryl methyl sites for hydroxylation is 1. The van der Waals surface area contributed by atoms with Crippen LogP contribution in [-0.4, -0.2) is 21.2 Å². The molecule has 116 valence electrons. The lowest BCUT2D eigenvalue weighted by Crippen LogP contribution is -2.18. The van der Waals surface area contributed by atoms with Crippen molar-refractivity contribution in [1.29, 1.82) is 0 Å². The Morgan fingerprint density at radius 1 is 1.17 bits per heavy atom. The molecule has 0 saturated carbocycles. The van der Waals surface area contributed by atoms with Crippen LogP contribution in [-0.2, 0) is 4.79 Å². The molecule has 0 bridgehead atoms. The molecule has 0 aliphatic rings. The summed E-state index contributed by atoms with van der Waals surface area (Å²) in [4.78, 5) is 15.6. The van der Waals surface area contributed by atoms with Crippen LogP contribution in [0.4, 0.5) is 0 Å². The van der Waals surface area contributed by atoms with Crippen molar-refractivity contribution >= 4 is 5.97 Å². The van der Waals surface area contributed by atoms with Gasteiger partial charge in [-0.2, -0.15) is 4.98 Å². The molecule has 3 aromatic rings. The summed E-state index contributed by atoms with van der Waals surface area (Å²) < 4.78 is 10.6. The third kappa shape index (κ3) is 3.37. The Hall–Kier alpha value is -3.15. The van der Waals surface area contributed by atoms with Gasteiger partial charge in [0.15, 0.2) is 0 Å². The van der Waals surface area contributed by atoms with E-state index in [9.17, 15) is 9.90 Å². The van der Waals surface area contributed by atoms with Gasteiger partial charge in [0.25, 0.3) is 0 Å². The van der Waals surface area contributed by atoms with Crippen molar-refractivity contribution in [2.24, 2.45) is 0 Å². The number of hydrogen-bond donors (Lipinski definition) is 1. The highest BCUT2D eigenvalue weighted by atomic mass is 16.5. The molecule has 1 aromatic heterocycles. The summed E-state index contributed by atoms with van der Waals surface area (Å²) in [6, 6.07) is 15.7. The zero-order valence-corrected chi connectivity index (χ0v) is 12.3. The molecule has 6 heteroatoms. The Bertz CT molecular complexity index is 814. The van der Waals surface area contributed by atoms with E-state index in [1.807, 2.05) is 6.07 Å². The van der Waals surface area contributed by atoms with Crippen molar-refractivity contribution < 1.29 is 19.2 Å². The van der Waals surface area contributed by atoms with Gasteiger partial charge in [-0.05, 0) is 12.1 Å². The number of carboxylic acids is 1. The summed E-state index contributed by atoms with van der Waals surface area (Å²) >= 11 is 0. The number of rotatable bonds is 5. The molecule has 2 aromatic carbocycles. The predicted octanol–water partition coefficient (Wildman–Crippen LogP) is 3.25. The Kier molecular flexibility index (Phi) is 4.05. The lowest BCUT2D eigenvalue weighted by molar-refractivity contribution is -0.145. The first-order chi connectivity index (χ1) is 11.1. The van der Waals surface area contributed by atoms with Crippen molar-refractivity contribution in [3.63, 3.8) is 0 Å². The molecule has 1 unspecified atom stereocenters. The monoisotopic (exact) mass is 310 g/mol. The van der Waals surface area contributed by atoms with Crippen LogP contribution in [0.25, 0.3) is 11.4 Å². The van der Waals surface area contributed by atoms with Gasteiger partial charge in [-0.25, -0.2) is 4.79 Å². The third-order valence-electron chi connectivity index (χ3n) is 3.20. The molecule has 3 rings (SSSR count). The van der Waals surface area contributed by atoms with E-state index in [4.69, 9.17) is 9.26 Å². The number of carbonyl (C=O) groups is 1. The molecule has 0 aliphatic heterocycles. The van der Waals surface area contributed by atoms with Gasteiger partial charge in [0.1, 0.15) is 5.75 Å². The van der Waals surface area contributed by atoms with Crippen LogP contribution in [0.2, 0.25) is 0 Å². The second kappa shape index (κ2) is 6.31. The van der Waals surface area contributed by atoms with Gasteiger partial charge in [0.05, 0.1) is 0 Å². The van der Waals surface area contributed by atoms with Crippen LogP contribution < -0.4 is 4.74 Å². The first kappa shape index (κ1) is 14.8. The van der Waals surface area contributed by atoms with E-state index in [1.54, 1.807) is 55.5 Å². The molecule has 0 saturated heterocycles. The van der Waals surface area contributed by atoms with E-state index in [0.717, 1.165) is 0 Å². The summed E-state index contributed by atoms with van der Waals surface area (Å²) in [5.74, 6) is 0.247. The standard InChI is InChI=1S/C17H14N2O4/c1-11-18-16(19-23-11)13-8-5-9-14(10-13)22-15(17(20)21)12-6-3-2-4-7-12/h2-10,15H,1H3,(H,20,21). The lowest BCUT2D eigenvalue weighted by Gasteiger charge is -2.15. The largest absolute Gasteiger partial charge is 0.478 e. The molecule has 0 amide bonds. The van der Waals surface area contributed by atoms with Crippen LogP contribution in [0.5, 0.6) is 5.75 Å². The minimum atomic E-state index is -1.08. The van der Waals surface area contributed by atoms with E-state index in [0.29, 0.717) is 28.6 Å². The fraction of sp³-hybridized carbons (Fsp3) is 0.118. The third-order valence-corrected chi connectivity index (χ3v) is 3.20. The van der Waals surface area contributed by atoms with Gasteiger partial charge in [-0.3, -0.25) is 0 Å². The SMILES string of the molecule is Cc1nc(-c2cccc(OC(C(=O)O)c3ccccc3)c2)no1. The van der Waals surface area contributed by atoms with Crippen LogP contribution in [0.15, 0.2) is 59.1 Å². The highest BCUT2D eigenvalue weighted by Crippen LogP contribution is 2.26. The maximum absolute atomic E-state index is 11.5. The van der Waals surface area contributed by atoms with Crippen molar-refractivity contribution in [3.05, 3.63) is 66.1 Å². The summed E-state index contributed by atoms with van der Waals surface area (Å²) in [6.45, 7) is 1.70. The molecule has 6 nitrogen and oxygen atoms in total. The predicted molar refractivity (Wildman–Crippen MR) is 81.9 cm³/mol. The van der Waals surface area contributed by atoms with Gasteiger partial charge >= 0.3 is 5.97 Å². The maximum atomic E-state index is 11.5. The Morgan fingerprint density at radius 3 is 2.61 bits per heavy atom. The molecular weight excluding hydrogens is 296 g/mol. The highest BCUT2D eigenvalue weighted by Gasteiger charge is 2.22. The fourth-order valence-electron chi connectivity index (χ4n) is 2.15. The molecule has 1 atom stereocenters. The van der Waals surface area contributed by atoms with E-state index in [1.165, 1.54) is 0 Å². The normalized spacial score (nSPS) is 11.9. The summed E-state index contributed by atoms with van der Waals surface area (Å²) in [5, 5.41) is 13.3. The number of aromatic nitrogens is 2. The van der Waals surface area contributed by atoms with Crippen molar-refractivity contribution in [2.75, 3.05) is 0 Å². The number of benzene rings is 2. The summed E-state index contributed by atoms with van der Waals surface area (Å²) in [7, 11) is 0. The van der Waals surface area contributed by atoms with Crippen LogP contribution in [0, 0.1) is 6.92 Å². The Balaban J connectivity index is 1.88. The van der Waals surface area contributed by atoms with Gasteiger partial charge in [0.2, 0.25) is 17.8 Å². The Morgan fingerprint density at radius 2 is 1.96 bits per heavy atom. The molecule has 1 heterocycles. The zero-order chi connectivity index (χ0) is 16.2. The summed E-state index contributed by atoms with van der Waals surface area (Å²) in [5.41, 5.74) is 1.26. The second-order valence-corrected chi connectivity index (χ2v) is 4.91. The van der Waals surface area contributed by atoms with Gasteiger partial charge in [-0.15, -0.1) is 0 Å². The zero-order valence-electron chi connectivity index (χ0n) is 12.3. The van der Waals surface area contributed by atoms with E-state index in [2.05, 4.69) is 10.1 Å². The summed E-state index contributed by atoms with van der Waals surface area (Å²) in [6.07, 6.45) is -1.08. The quantitative estimate of drug-likeness (QED) is 0.778. The van der Waals surface area contributed by atoms with Crippen LogP contribution >= 0.6 is 0 Å². The number of carboxylic acid groups (broad SMARTS) is 1. The number of aliphatic carboxylic acids is 1. The number of hydrogen-bond acceptors (Lipinski definition) is 5. The van der Waals surface area contributed by atoms with E-state index in [-0.39, 0.29) is 0 Å². The average molecular weight is 310 g/mol. The van der Waals surface area contributed by atoms with E-state index < -0.39 is 12.1 Å². The molecule has 0 fully saturated rings. The van der Waals surface area contributed by atoms with Crippen molar-refractivity contribution in [1.82, 2.24) is 10.1 Å². The molecule has 0 aliphatic carbocycles. The topological polar surface area (TPSA) is 85.5 Å². The van der Waals surface area contributed by atoms with Gasteiger partial charge in [0, 0.05) is 18.1 Å². The fourth-order valence-corrected chi connectivity index (χ4v) is 2.15. The van der Waals surface area contributed by atoms with Crippen molar-refractivity contribution in [3.8, 4) is 17.1 Å². The number of nitrogens with zero attached hydrogens (tertiary/aromatic N) is 2. The molecular formula is C17H14N2O4. The lowest BCUT2D eigenvalue weighted by atomic mass is 10.1. The van der Waals surface area contributed by atoms with Crippen molar-refractivity contribution in [2.45, 2.75) is 13.0 Å². The molecule has 0 spiro atoms. The van der Waals surface area contributed by atoms with Gasteiger partial charge < -0.3 is 14.4 Å². The molecule has 23 heavy (non-hydrogen) atoms. The minimum Gasteiger partial charge on any atom is -0.478 e. The first-order valence-corrected chi connectivity index (χ1v) is 6.98. The maximum Gasteiger partial charge on any atom is 0.349 e. The average Bonchev–Trinajstić information content (AvgIpc) is 3.00. The minimum absolute atomic E-state index is 0.418. The first-order valence-electron chi connectivity index (χ1n) is 6.98. The van der Waals surface area contributed by atoms with Gasteiger partial charge in [-0.1, -0.05) is 47.6 Å². The Labute approximate surface area is 132 Å².